The molecule has 4 aromatic rings. The van der Waals surface area contributed by atoms with Crippen LogP contribution in [0.4, 0.5) is 30.6 Å². The first-order chi connectivity index (χ1) is 18.6. The number of methoxy groups -OCH3 is 1. The first-order valence-corrected chi connectivity index (χ1v) is 13.0. The van der Waals surface area contributed by atoms with Crippen LogP contribution in [0.2, 0.25) is 0 Å². The van der Waals surface area contributed by atoms with Gasteiger partial charge in [-0.15, -0.1) is 0 Å². The number of nitrogens with zero attached hydrogens (tertiary/aromatic N) is 4. The number of nitrogens with one attached hydrogen (secondary N) is 1. The third-order valence-corrected chi connectivity index (χ3v) is 6.90. The number of carbonyl (C=O) groups is 1. The van der Waals surface area contributed by atoms with Crippen LogP contribution in [0.25, 0.3) is 11.1 Å². The number of aromatic nitrogens is 3. The first-order valence-electron chi connectivity index (χ1n) is 11.5. The van der Waals surface area contributed by atoms with Gasteiger partial charge in [0.1, 0.15) is 22.3 Å². The summed E-state index contributed by atoms with van der Waals surface area (Å²) in [6.07, 6.45) is 0.939. The van der Waals surface area contributed by atoms with Crippen molar-refractivity contribution in [2.45, 2.75) is 24.7 Å². The Balaban J connectivity index is 1.70. The maximum atomic E-state index is 13.8. The van der Waals surface area contributed by atoms with Gasteiger partial charge in [0.2, 0.25) is 11.9 Å². The van der Waals surface area contributed by atoms with E-state index in [1.54, 1.807) is 13.0 Å². The molecule has 0 aliphatic carbocycles. The lowest BCUT2D eigenvalue weighted by Crippen LogP contribution is -2.26. The molecule has 202 valence electrons. The highest BCUT2D eigenvalue weighted by atomic mass is 32.2. The molecule has 1 N–H and O–H groups in total. The van der Waals surface area contributed by atoms with Gasteiger partial charge in [-0.05, 0) is 53.6 Å². The van der Waals surface area contributed by atoms with Gasteiger partial charge in [0.25, 0.3) is 16.4 Å². The van der Waals surface area contributed by atoms with Crippen molar-refractivity contribution in [1.29, 1.82) is 0 Å². The Morgan fingerprint density at radius 1 is 1.03 bits per heavy atom. The molecule has 13 heteroatoms. The predicted octanol–water partition coefficient (Wildman–Crippen LogP) is 5.50. The van der Waals surface area contributed by atoms with Gasteiger partial charge in [0, 0.05) is 25.0 Å². The Bertz CT molecular complexity index is 1590. The largest absolute Gasteiger partial charge is 0.495 e. The normalized spacial score (nSPS) is 11.3. The van der Waals surface area contributed by atoms with Gasteiger partial charge < -0.3 is 4.74 Å². The number of anilines is 3. The molecule has 0 bridgehead atoms. The fourth-order valence-electron chi connectivity index (χ4n) is 3.67. The highest BCUT2D eigenvalue weighted by molar-refractivity contribution is 7.92. The average molecular weight is 558 g/mol. The molecule has 2 aromatic heterocycles. The number of sulfonamides is 1. The van der Waals surface area contributed by atoms with Crippen molar-refractivity contribution in [3.05, 3.63) is 84.6 Å². The maximum Gasteiger partial charge on any atom is 0.266 e. The molecule has 9 nitrogen and oxygen atoms in total. The number of alkyl halides is 2. The van der Waals surface area contributed by atoms with Gasteiger partial charge in [-0.2, -0.15) is 0 Å². The summed E-state index contributed by atoms with van der Waals surface area (Å²) in [4.78, 5) is 25.9. The maximum absolute atomic E-state index is 13.8. The number of rotatable bonds is 9. The summed E-state index contributed by atoms with van der Waals surface area (Å²) in [5.41, 5.74) is 0.326. The van der Waals surface area contributed by atoms with Gasteiger partial charge in [-0.3, -0.25) is 9.69 Å². The Hall–Kier alpha value is -4.52. The van der Waals surface area contributed by atoms with E-state index in [0.717, 1.165) is 18.3 Å². The Morgan fingerprint density at radius 2 is 1.72 bits per heavy atom. The summed E-state index contributed by atoms with van der Waals surface area (Å²) < 4.78 is 73.3. The second kappa shape index (κ2) is 11.5. The lowest BCUT2D eigenvalue weighted by atomic mass is 10.0. The monoisotopic (exact) mass is 557 g/mol. The molecule has 39 heavy (non-hydrogen) atoms. The van der Waals surface area contributed by atoms with Gasteiger partial charge in [-0.25, -0.2) is 41.3 Å². The molecule has 0 aliphatic heterocycles. The van der Waals surface area contributed by atoms with Crippen LogP contribution >= 0.6 is 0 Å². The summed E-state index contributed by atoms with van der Waals surface area (Å²) in [6, 6.07) is 12.2. The zero-order valence-electron chi connectivity index (χ0n) is 20.7. The van der Waals surface area contributed by atoms with Crippen LogP contribution in [0, 0.1) is 5.82 Å². The predicted molar refractivity (Wildman–Crippen MR) is 138 cm³/mol. The van der Waals surface area contributed by atoms with Crippen LogP contribution in [0.5, 0.6) is 5.75 Å². The van der Waals surface area contributed by atoms with Crippen LogP contribution in [-0.2, 0) is 14.8 Å². The lowest BCUT2D eigenvalue weighted by Gasteiger charge is -2.24. The fourth-order valence-corrected chi connectivity index (χ4v) is 4.57. The Morgan fingerprint density at radius 3 is 2.33 bits per heavy atom. The number of amides is 1. The Kier molecular flexibility index (Phi) is 8.10. The van der Waals surface area contributed by atoms with Crippen LogP contribution in [0.3, 0.4) is 0 Å². The molecule has 2 heterocycles. The van der Waals surface area contributed by atoms with E-state index in [2.05, 4.69) is 19.7 Å². The summed E-state index contributed by atoms with van der Waals surface area (Å²) >= 11 is 0. The highest BCUT2D eigenvalue weighted by Gasteiger charge is 2.24. The van der Waals surface area contributed by atoms with E-state index in [1.165, 1.54) is 60.8 Å². The topological polar surface area (TPSA) is 114 Å². The quantitative estimate of drug-likeness (QED) is 0.289. The molecule has 1 amide bonds. The van der Waals surface area contributed by atoms with Crippen molar-refractivity contribution in [3.8, 4) is 16.9 Å². The molecule has 4 rings (SSSR count). The molecule has 0 saturated carbocycles. The molecule has 0 spiro atoms. The van der Waals surface area contributed by atoms with E-state index in [-0.39, 0.29) is 40.4 Å². The minimum atomic E-state index is -4.05. The number of ether oxygens (including phenoxy) is 1. The van der Waals surface area contributed by atoms with Crippen molar-refractivity contribution in [2.75, 3.05) is 16.7 Å². The zero-order valence-corrected chi connectivity index (χ0v) is 21.5. The summed E-state index contributed by atoms with van der Waals surface area (Å²) in [5.74, 6) is -1.18. The molecule has 0 atom stereocenters. The summed E-state index contributed by atoms with van der Waals surface area (Å²) in [7, 11) is -2.69. The molecular formula is C26H22F3N5O4S. The second-order valence-electron chi connectivity index (χ2n) is 8.04. The molecule has 2 aromatic carbocycles. The number of hydrogen-bond donors (Lipinski definition) is 1. The van der Waals surface area contributed by atoms with Crippen molar-refractivity contribution in [1.82, 2.24) is 15.0 Å². The molecule has 0 aliphatic rings. The summed E-state index contributed by atoms with van der Waals surface area (Å²) in [6.45, 7) is 1.64. The fraction of sp³-hybridized carbons (Fsp3) is 0.154. The van der Waals surface area contributed by atoms with Crippen LogP contribution in [0.1, 0.15) is 25.3 Å². The Labute approximate surface area is 222 Å². The smallest absolute Gasteiger partial charge is 0.266 e. The van der Waals surface area contributed by atoms with E-state index in [9.17, 15) is 26.4 Å². The second-order valence-corrected chi connectivity index (χ2v) is 9.72. The van der Waals surface area contributed by atoms with Crippen LogP contribution < -0.4 is 14.4 Å². The molecular weight excluding hydrogens is 535 g/mol. The molecule has 0 fully saturated rings. The lowest BCUT2D eigenvalue weighted by molar-refractivity contribution is -0.117. The zero-order chi connectivity index (χ0) is 28.2. The van der Waals surface area contributed by atoms with Gasteiger partial charge in [0.05, 0.1) is 18.4 Å². The van der Waals surface area contributed by atoms with Crippen LogP contribution in [-0.4, -0.2) is 36.4 Å². The van der Waals surface area contributed by atoms with E-state index in [1.807, 2.05) is 0 Å². The standard InChI is InChI=1S/C26H22F3N5O4S/c1-3-24(35)34(23-10-7-18(15-32-23)39(36,37)33-26-30-11-4-12-31-26)21-9-6-17(14-22(21)38-2)16-5-8-20(27)19(13-16)25(28)29/h4-15,25H,3H2,1-2H3,(H,30,31,33). The SMILES string of the molecule is CCC(=O)N(c1ccc(S(=O)(=O)Nc2ncccn2)cn1)c1ccc(-c2ccc(F)c(C(F)F)c2)cc1OC. The first kappa shape index (κ1) is 27.5. The minimum absolute atomic E-state index is 0.0786. The van der Waals surface area contributed by atoms with Crippen molar-refractivity contribution < 1.29 is 31.1 Å². The van der Waals surface area contributed by atoms with Gasteiger partial charge in [-0.1, -0.05) is 19.1 Å². The van der Waals surface area contributed by atoms with Gasteiger partial charge in [0.15, 0.2) is 0 Å². The van der Waals surface area contributed by atoms with E-state index in [4.69, 9.17) is 4.74 Å². The molecule has 0 radical (unpaired) electrons. The van der Waals surface area contributed by atoms with E-state index >= 15 is 0 Å². The summed E-state index contributed by atoms with van der Waals surface area (Å²) in [5, 5.41) is 0. The van der Waals surface area contributed by atoms with Crippen LogP contribution in [0.15, 0.2) is 78.1 Å². The number of pyridine rings is 1. The van der Waals surface area contributed by atoms with Crippen molar-refractivity contribution in [3.63, 3.8) is 0 Å². The number of hydrogen-bond acceptors (Lipinski definition) is 7. The number of carbonyl (C=O) groups excluding carboxylic acids is 1. The highest BCUT2D eigenvalue weighted by Crippen LogP contribution is 2.38. The average Bonchev–Trinajstić information content (AvgIpc) is 2.94. The minimum Gasteiger partial charge on any atom is -0.495 e. The number of halogens is 3. The third-order valence-electron chi connectivity index (χ3n) is 5.59. The van der Waals surface area contributed by atoms with Crippen molar-refractivity contribution >= 4 is 33.4 Å². The molecule has 0 unspecified atom stereocenters. The van der Waals surface area contributed by atoms with Crippen molar-refractivity contribution in [2.24, 2.45) is 0 Å². The number of benzene rings is 2. The van der Waals surface area contributed by atoms with E-state index < -0.39 is 27.8 Å². The third kappa shape index (κ3) is 5.98. The van der Waals surface area contributed by atoms with E-state index in [0.29, 0.717) is 11.1 Å². The van der Waals surface area contributed by atoms with Gasteiger partial charge >= 0.3 is 0 Å². The molecule has 0 saturated heterocycles.